The highest BCUT2D eigenvalue weighted by Crippen LogP contribution is 2.43. The van der Waals surface area contributed by atoms with E-state index in [1.807, 2.05) is 17.2 Å². The number of halogens is 3. The maximum Gasteiger partial charge on any atom is 0.416 e. The summed E-state index contributed by atoms with van der Waals surface area (Å²) < 4.78 is 39.5. The van der Waals surface area contributed by atoms with E-state index in [2.05, 4.69) is 20.9 Å². The van der Waals surface area contributed by atoms with Gasteiger partial charge in [-0.3, -0.25) is 19.8 Å². The number of anilines is 1. The van der Waals surface area contributed by atoms with Crippen molar-refractivity contribution >= 4 is 32.2 Å². The number of benzene rings is 1. The van der Waals surface area contributed by atoms with E-state index < -0.39 is 27.9 Å². The fraction of sp³-hybridized carbons (Fsp3) is 0.455. The number of piperidine rings is 1. The van der Waals surface area contributed by atoms with E-state index in [1.165, 1.54) is 5.69 Å². The maximum absolute atomic E-state index is 13.2. The average molecular weight is 494 g/mol. The van der Waals surface area contributed by atoms with Crippen molar-refractivity contribution in [2.24, 2.45) is 5.41 Å². The molecule has 4 heterocycles. The van der Waals surface area contributed by atoms with Crippen molar-refractivity contribution < 1.29 is 18.1 Å². The second-order valence-electron chi connectivity index (χ2n) is 9.07. The Morgan fingerprint density at radius 1 is 1.21 bits per heavy atom. The molecule has 1 N–H and O–H groups in total. The number of nitrogens with one attached hydrogen (secondary N) is 1. The molecule has 5 rings (SSSR count). The highest BCUT2D eigenvalue weighted by atomic mass is 32.1. The van der Waals surface area contributed by atoms with Crippen LogP contribution in [0.3, 0.4) is 0 Å². The molecule has 0 atom stereocenters. The molecule has 34 heavy (non-hydrogen) atoms. The van der Waals surface area contributed by atoms with Crippen LogP contribution >= 0.6 is 11.3 Å². The topological polar surface area (TPSA) is 95.4 Å². The van der Waals surface area contributed by atoms with Crippen molar-refractivity contribution in [1.82, 2.24) is 14.9 Å². The minimum Gasteiger partial charge on any atom is -0.364 e. The first-order valence-corrected chi connectivity index (χ1v) is 11.8. The summed E-state index contributed by atoms with van der Waals surface area (Å²) in [6, 6.07) is 5.19. The van der Waals surface area contributed by atoms with Crippen LogP contribution in [0.2, 0.25) is 0 Å². The summed E-state index contributed by atoms with van der Waals surface area (Å²) in [5, 5.41) is 11.4. The van der Waals surface area contributed by atoms with E-state index in [-0.39, 0.29) is 15.5 Å². The van der Waals surface area contributed by atoms with Gasteiger partial charge in [-0.15, -0.1) is 0 Å². The Morgan fingerprint density at radius 2 is 1.94 bits per heavy atom. The zero-order chi connectivity index (χ0) is 24.1. The third-order valence-electron chi connectivity index (χ3n) is 6.88. The van der Waals surface area contributed by atoms with Gasteiger partial charge in [0.05, 0.1) is 15.9 Å². The first kappa shape index (κ1) is 22.8. The summed E-state index contributed by atoms with van der Waals surface area (Å²) in [5.41, 5.74) is -1.47. The number of H-pyrrole nitrogens is 1. The molecule has 2 aliphatic heterocycles. The number of hydrogen-bond donors (Lipinski definition) is 1. The number of likely N-dealkylation sites (tertiary alicyclic amines) is 1. The number of fused-ring (bicyclic) bond motifs is 1. The van der Waals surface area contributed by atoms with E-state index in [0.717, 1.165) is 50.2 Å². The molecule has 1 spiro atoms. The number of aromatic amines is 1. The molecular weight excluding hydrogens is 471 g/mol. The Bertz CT molecular complexity index is 1280. The lowest BCUT2D eigenvalue weighted by molar-refractivity contribution is -0.383. The fourth-order valence-electron chi connectivity index (χ4n) is 5.03. The van der Waals surface area contributed by atoms with Crippen molar-refractivity contribution in [2.45, 2.75) is 32.0 Å². The van der Waals surface area contributed by atoms with Crippen LogP contribution in [0, 0.1) is 15.5 Å². The quantitative estimate of drug-likeness (QED) is 0.428. The van der Waals surface area contributed by atoms with E-state index in [9.17, 15) is 28.1 Å². The normalized spacial score (nSPS) is 18.7. The third-order valence-corrected chi connectivity index (χ3v) is 8.05. The lowest BCUT2D eigenvalue weighted by atomic mass is 9.78. The standard InChI is InChI=1S/C22H22F3N5O3S/c23-22(24,25)14-10-16-18(17(11-14)30(32)33)34-20(27-19(16)31)29-8-4-21(5-9-29)3-7-28(13-21)12-15-2-1-6-26-15/h1-2,6,10-11,26H,3-5,7-9,12-13H2. The van der Waals surface area contributed by atoms with Crippen LogP contribution in [0.15, 0.2) is 35.3 Å². The molecular formula is C22H22F3N5O3S. The molecule has 12 heteroatoms. The molecule has 0 aliphatic carbocycles. The summed E-state index contributed by atoms with van der Waals surface area (Å²) in [4.78, 5) is 34.8. The molecule has 0 amide bonds. The van der Waals surface area contributed by atoms with Gasteiger partial charge in [0.1, 0.15) is 4.70 Å². The Labute approximate surface area is 196 Å². The van der Waals surface area contributed by atoms with Gasteiger partial charge in [-0.1, -0.05) is 11.3 Å². The number of non-ortho nitro benzene ring substituents is 1. The molecule has 3 aromatic rings. The summed E-state index contributed by atoms with van der Waals surface area (Å²) >= 11 is 0.907. The highest BCUT2D eigenvalue weighted by molar-refractivity contribution is 7.22. The van der Waals surface area contributed by atoms with Gasteiger partial charge >= 0.3 is 6.18 Å². The Morgan fingerprint density at radius 3 is 2.59 bits per heavy atom. The Hall–Kier alpha value is -2.99. The van der Waals surface area contributed by atoms with Crippen LogP contribution in [0.4, 0.5) is 24.0 Å². The Kier molecular flexibility index (Phi) is 5.59. The predicted molar refractivity (Wildman–Crippen MR) is 122 cm³/mol. The zero-order valence-electron chi connectivity index (χ0n) is 18.1. The zero-order valence-corrected chi connectivity index (χ0v) is 18.9. The molecule has 2 saturated heterocycles. The maximum atomic E-state index is 13.2. The van der Waals surface area contributed by atoms with Gasteiger partial charge in [-0.2, -0.15) is 18.2 Å². The molecule has 180 valence electrons. The largest absolute Gasteiger partial charge is 0.416 e. The van der Waals surface area contributed by atoms with E-state index in [1.54, 1.807) is 0 Å². The lowest BCUT2D eigenvalue weighted by Gasteiger charge is -2.39. The molecule has 2 aromatic heterocycles. The van der Waals surface area contributed by atoms with E-state index in [0.29, 0.717) is 30.4 Å². The Balaban J connectivity index is 1.37. The molecule has 8 nitrogen and oxygen atoms in total. The van der Waals surface area contributed by atoms with Crippen LogP contribution in [0.1, 0.15) is 30.5 Å². The minimum atomic E-state index is -4.80. The second kappa shape index (κ2) is 8.35. The molecule has 0 saturated carbocycles. The second-order valence-corrected chi connectivity index (χ2v) is 10.0. The molecule has 2 aliphatic rings. The van der Waals surface area contributed by atoms with Crippen molar-refractivity contribution in [1.29, 1.82) is 0 Å². The van der Waals surface area contributed by atoms with Gasteiger partial charge in [-0.05, 0) is 49.4 Å². The van der Waals surface area contributed by atoms with Crippen molar-refractivity contribution in [3.05, 3.63) is 62.2 Å². The SMILES string of the molecule is O=c1nc(N2CCC3(CCN(Cc4ccc[nH]4)C3)CC2)sc2c([N+](=O)[O-])cc(C(F)(F)F)cc12. The van der Waals surface area contributed by atoms with Gasteiger partial charge in [0, 0.05) is 44.1 Å². The minimum absolute atomic E-state index is 0.0775. The fourth-order valence-corrected chi connectivity index (χ4v) is 6.14. The van der Waals surface area contributed by atoms with Crippen LogP contribution < -0.4 is 10.5 Å². The van der Waals surface area contributed by atoms with Gasteiger partial charge in [0.25, 0.3) is 11.2 Å². The molecule has 1 aromatic carbocycles. The number of nitro groups is 1. The highest BCUT2D eigenvalue weighted by Gasteiger charge is 2.41. The van der Waals surface area contributed by atoms with Crippen molar-refractivity contribution in [2.75, 3.05) is 31.1 Å². The van der Waals surface area contributed by atoms with E-state index >= 15 is 0 Å². The third kappa shape index (κ3) is 4.27. The average Bonchev–Trinajstić information content (AvgIpc) is 3.43. The smallest absolute Gasteiger partial charge is 0.364 e. The number of alkyl halides is 3. The summed E-state index contributed by atoms with van der Waals surface area (Å²) in [6.07, 6.45) is -0.0234. The van der Waals surface area contributed by atoms with Crippen molar-refractivity contribution in [3.63, 3.8) is 0 Å². The molecule has 2 fully saturated rings. The number of nitrogens with zero attached hydrogens (tertiary/aromatic N) is 4. The van der Waals surface area contributed by atoms with Crippen LogP contribution in [-0.4, -0.2) is 46.0 Å². The molecule has 0 unspecified atom stereocenters. The monoisotopic (exact) mass is 493 g/mol. The number of hydrogen-bond acceptors (Lipinski definition) is 7. The number of rotatable bonds is 4. The summed E-state index contributed by atoms with van der Waals surface area (Å²) in [6.45, 7) is 4.13. The predicted octanol–water partition coefficient (Wildman–Crippen LogP) is 4.40. The number of nitro benzene ring substituents is 1. The van der Waals surface area contributed by atoms with Crippen molar-refractivity contribution in [3.8, 4) is 0 Å². The first-order chi connectivity index (χ1) is 16.1. The van der Waals surface area contributed by atoms with Gasteiger partial charge in [0.15, 0.2) is 5.13 Å². The van der Waals surface area contributed by atoms with Gasteiger partial charge in [0.2, 0.25) is 0 Å². The van der Waals surface area contributed by atoms with Crippen LogP contribution in [0.25, 0.3) is 10.1 Å². The number of aromatic nitrogens is 2. The van der Waals surface area contributed by atoms with E-state index in [4.69, 9.17) is 0 Å². The first-order valence-electron chi connectivity index (χ1n) is 10.9. The van der Waals surface area contributed by atoms with Crippen LogP contribution in [-0.2, 0) is 12.7 Å². The summed E-state index contributed by atoms with van der Waals surface area (Å²) in [5.74, 6) is 0. The van der Waals surface area contributed by atoms with Crippen LogP contribution in [0.5, 0.6) is 0 Å². The molecule has 0 bridgehead atoms. The molecule has 0 radical (unpaired) electrons. The summed E-state index contributed by atoms with van der Waals surface area (Å²) in [7, 11) is 0. The lowest BCUT2D eigenvalue weighted by Crippen LogP contribution is -2.42. The van der Waals surface area contributed by atoms with Gasteiger partial charge in [-0.25, -0.2) is 0 Å². The van der Waals surface area contributed by atoms with Gasteiger partial charge < -0.3 is 9.88 Å².